The summed E-state index contributed by atoms with van der Waals surface area (Å²) < 4.78 is 22.0. The highest BCUT2D eigenvalue weighted by Crippen LogP contribution is 2.38. The largest absolute Gasteiger partial charge is 0.385 e. The monoisotopic (exact) mass is 407 g/mol. The van der Waals surface area contributed by atoms with Crippen molar-refractivity contribution in [1.29, 1.82) is 0 Å². The Balaban J connectivity index is 1.52. The van der Waals surface area contributed by atoms with Gasteiger partial charge in [0.2, 0.25) is 11.8 Å². The van der Waals surface area contributed by atoms with Gasteiger partial charge >= 0.3 is 0 Å². The molecule has 3 aliphatic rings. The van der Waals surface area contributed by atoms with Gasteiger partial charge in [-0.1, -0.05) is 5.16 Å². The quantitative estimate of drug-likeness (QED) is 0.715. The topological polar surface area (TPSA) is 86.9 Å². The van der Waals surface area contributed by atoms with E-state index in [2.05, 4.69) is 5.16 Å². The van der Waals surface area contributed by atoms with Gasteiger partial charge in [0, 0.05) is 65.1 Å². The third-order valence-electron chi connectivity index (χ3n) is 6.73. The van der Waals surface area contributed by atoms with E-state index < -0.39 is 0 Å². The van der Waals surface area contributed by atoms with Crippen molar-refractivity contribution in [2.24, 2.45) is 5.92 Å². The molecule has 29 heavy (non-hydrogen) atoms. The highest BCUT2D eigenvalue weighted by atomic mass is 16.5. The zero-order valence-corrected chi connectivity index (χ0v) is 17.4. The van der Waals surface area contributed by atoms with E-state index in [1.807, 2.05) is 4.90 Å². The van der Waals surface area contributed by atoms with E-state index in [-0.39, 0.29) is 23.2 Å². The Hall–Kier alpha value is -1.51. The summed E-state index contributed by atoms with van der Waals surface area (Å²) in [5, 5.41) is 4.41. The Kier molecular flexibility index (Phi) is 6.82. The maximum atomic E-state index is 13.2. The van der Waals surface area contributed by atoms with Gasteiger partial charge in [-0.3, -0.25) is 4.79 Å². The first-order valence-corrected chi connectivity index (χ1v) is 11.0. The number of aromatic nitrogens is 2. The Morgan fingerprint density at radius 3 is 2.62 bits per heavy atom. The molecule has 1 aromatic heterocycles. The maximum absolute atomic E-state index is 13.2. The van der Waals surface area contributed by atoms with E-state index in [4.69, 9.17) is 23.7 Å². The average molecular weight is 408 g/mol. The molecule has 8 nitrogen and oxygen atoms in total. The number of methoxy groups -OCH3 is 1. The number of piperidine rings is 1. The first-order chi connectivity index (χ1) is 14.2. The fraction of sp³-hybridized carbons (Fsp3) is 0.857. The van der Waals surface area contributed by atoms with Crippen molar-refractivity contribution in [3.63, 3.8) is 0 Å². The van der Waals surface area contributed by atoms with Crippen molar-refractivity contribution in [3.05, 3.63) is 11.7 Å². The minimum Gasteiger partial charge on any atom is -0.385 e. The lowest BCUT2D eigenvalue weighted by molar-refractivity contribution is -0.141. The molecule has 0 saturated carbocycles. The van der Waals surface area contributed by atoms with Crippen LogP contribution in [-0.4, -0.2) is 74.2 Å². The number of likely N-dealkylation sites (tertiary alicyclic amines) is 1. The summed E-state index contributed by atoms with van der Waals surface area (Å²) in [7, 11) is 1.71. The van der Waals surface area contributed by atoms with Crippen LogP contribution < -0.4 is 0 Å². The van der Waals surface area contributed by atoms with Crippen molar-refractivity contribution < 1.29 is 23.5 Å². The van der Waals surface area contributed by atoms with Crippen molar-refractivity contribution in [2.45, 2.75) is 56.3 Å². The summed E-state index contributed by atoms with van der Waals surface area (Å²) in [6.07, 6.45) is 6.14. The number of hydrogen-bond donors (Lipinski definition) is 0. The van der Waals surface area contributed by atoms with Crippen LogP contribution >= 0.6 is 0 Å². The molecule has 4 rings (SSSR count). The van der Waals surface area contributed by atoms with Crippen LogP contribution in [0.1, 0.15) is 62.6 Å². The normalized spacial score (nSPS) is 27.3. The number of ether oxygens (including phenoxy) is 3. The van der Waals surface area contributed by atoms with Gasteiger partial charge in [0.15, 0.2) is 5.82 Å². The predicted molar refractivity (Wildman–Crippen MR) is 105 cm³/mol. The number of hydrogen-bond acceptors (Lipinski definition) is 7. The van der Waals surface area contributed by atoms with Gasteiger partial charge in [-0.25, -0.2) is 0 Å². The summed E-state index contributed by atoms with van der Waals surface area (Å²) in [6.45, 7) is 4.89. The summed E-state index contributed by atoms with van der Waals surface area (Å²) in [4.78, 5) is 20.0. The van der Waals surface area contributed by atoms with E-state index in [0.717, 1.165) is 70.5 Å². The third kappa shape index (κ3) is 4.64. The average Bonchev–Trinajstić information content (AvgIpc) is 3.30. The molecule has 1 unspecified atom stereocenters. The van der Waals surface area contributed by atoms with Crippen molar-refractivity contribution in [3.8, 4) is 0 Å². The molecular weight excluding hydrogens is 374 g/mol. The summed E-state index contributed by atoms with van der Waals surface area (Å²) in [6, 6.07) is 0. The summed E-state index contributed by atoms with van der Waals surface area (Å²) in [5.74, 6) is 2.05. The first-order valence-electron chi connectivity index (χ1n) is 11.0. The second kappa shape index (κ2) is 9.53. The lowest BCUT2D eigenvalue weighted by atomic mass is 9.76. The number of carbonyl (C=O) groups excluding carboxylic acids is 1. The van der Waals surface area contributed by atoms with Crippen LogP contribution in [-0.2, 0) is 24.4 Å². The molecule has 1 amide bonds. The van der Waals surface area contributed by atoms with E-state index in [1.165, 1.54) is 0 Å². The third-order valence-corrected chi connectivity index (χ3v) is 6.73. The highest BCUT2D eigenvalue weighted by molar-refractivity contribution is 5.79. The molecular formula is C21H33N3O5. The van der Waals surface area contributed by atoms with Gasteiger partial charge in [0.1, 0.15) is 0 Å². The molecule has 1 aromatic rings. The van der Waals surface area contributed by atoms with E-state index in [9.17, 15) is 4.79 Å². The molecule has 0 bridgehead atoms. The summed E-state index contributed by atoms with van der Waals surface area (Å²) >= 11 is 0. The Labute approximate surface area is 172 Å². The summed E-state index contributed by atoms with van der Waals surface area (Å²) in [5.41, 5.74) is -0.304. The van der Waals surface area contributed by atoms with Gasteiger partial charge in [0.05, 0.1) is 5.41 Å². The predicted octanol–water partition coefficient (Wildman–Crippen LogP) is 2.29. The number of carbonyl (C=O) groups is 1. The standard InChI is InChI=1S/C21H33N3O5/c1-26-14-8-21(20-22-18(29-23-20)16-3-10-27-11-4-16)7-2-9-24(15-21)19(25)17-5-12-28-13-6-17/h16-17H,2-15H2,1H3. The molecule has 162 valence electrons. The van der Waals surface area contributed by atoms with Gasteiger partial charge in [-0.05, 0) is 44.9 Å². The number of nitrogens with zero attached hydrogens (tertiary/aromatic N) is 3. The smallest absolute Gasteiger partial charge is 0.229 e. The molecule has 4 heterocycles. The second-order valence-corrected chi connectivity index (χ2v) is 8.62. The van der Waals surface area contributed by atoms with Gasteiger partial charge in [-0.2, -0.15) is 4.98 Å². The van der Waals surface area contributed by atoms with E-state index in [0.29, 0.717) is 32.3 Å². The molecule has 0 aromatic carbocycles. The Bertz CT molecular complexity index is 669. The fourth-order valence-corrected chi connectivity index (χ4v) is 4.88. The first kappa shape index (κ1) is 20.8. The SMILES string of the molecule is COCCC1(c2noc(C3CCOCC3)n2)CCCN(C(=O)C2CCOCC2)C1. The minimum atomic E-state index is -0.304. The molecule has 0 N–H and O–H groups in total. The van der Waals surface area contributed by atoms with Crippen LogP contribution in [0, 0.1) is 5.92 Å². The zero-order chi connectivity index (χ0) is 20.1. The maximum Gasteiger partial charge on any atom is 0.229 e. The molecule has 3 aliphatic heterocycles. The number of rotatable bonds is 6. The second-order valence-electron chi connectivity index (χ2n) is 8.62. The van der Waals surface area contributed by atoms with Crippen LogP contribution in [0.3, 0.4) is 0 Å². The van der Waals surface area contributed by atoms with Crippen LogP contribution in [0.5, 0.6) is 0 Å². The lowest BCUT2D eigenvalue weighted by Gasteiger charge is -2.42. The molecule has 8 heteroatoms. The van der Waals surface area contributed by atoms with Gasteiger partial charge < -0.3 is 23.6 Å². The van der Waals surface area contributed by atoms with Gasteiger partial charge in [-0.15, -0.1) is 0 Å². The zero-order valence-electron chi connectivity index (χ0n) is 17.4. The van der Waals surface area contributed by atoms with Crippen LogP contribution in [0.4, 0.5) is 0 Å². The molecule has 0 radical (unpaired) electrons. The van der Waals surface area contributed by atoms with Gasteiger partial charge in [0.25, 0.3) is 0 Å². The molecule has 3 saturated heterocycles. The lowest BCUT2D eigenvalue weighted by Crippen LogP contribution is -2.51. The number of amides is 1. The van der Waals surface area contributed by atoms with Crippen LogP contribution in [0.15, 0.2) is 4.52 Å². The van der Waals surface area contributed by atoms with Crippen LogP contribution in [0.2, 0.25) is 0 Å². The Morgan fingerprint density at radius 2 is 1.90 bits per heavy atom. The van der Waals surface area contributed by atoms with Crippen molar-refractivity contribution in [1.82, 2.24) is 15.0 Å². The Morgan fingerprint density at radius 1 is 1.17 bits per heavy atom. The van der Waals surface area contributed by atoms with Crippen molar-refractivity contribution >= 4 is 5.91 Å². The molecule has 0 spiro atoms. The fourth-order valence-electron chi connectivity index (χ4n) is 4.88. The van der Waals surface area contributed by atoms with Crippen LogP contribution in [0.25, 0.3) is 0 Å². The van der Waals surface area contributed by atoms with E-state index >= 15 is 0 Å². The molecule has 0 aliphatic carbocycles. The molecule has 3 fully saturated rings. The van der Waals surface area contributed by atoms with Crippen molar-refractivity contribution in [2.75, 3.05) is 53.2 Å². The van der Waals surface area contributed by atoms with E-state index in [1.54, 1.807) is 7.11 Å². The molecule has 1 atom stereocenters. The minimum absolute atomic E-state index is 0.0741. The highest BCUT2D eigenvalue weighted by Gasteiger charge is 2.43.